The van der Waals surface area contributed by atoms with E-state index in [1.165, 1.54) is 24.3 Å². The van der Waals surface area contributed by atoms with Crippen molar-refractivity contribution in [2.24, 2.45) is 0 Å². The van der Waals surface area contributed by atoms with E-state index in [-0.39, 0.29) is 16.1 Å². The van der Waals surface area contributed by atoms with Gasteiger partial charge in [0, 0.05) is 10.4 Å². The Morgan fingerprint density at radius 1 is 1.00 bits per heavy atom. The molecule has 2 aromatic carbocycles. The van der Waals surface area contributed by atoms with Crippen LogP contribution in [0.15, 0.2) is 60.7 Å². The first-order valence-corrected chi connectivity index (χ1v) is 7.85. The maximum absolute atomic E-state index is 13.2. The number of hydrogen-bond donors (Lipinski definition) is 2. The molecule has 0 spiro atoms. The Hall–Kier alpha value is -2.99. The molecule has 0 aliphatic heterocycles. The Labute approximate surface area is 141 Å². The number of benzene rings is 2. The number of carboxylic acid groups (broad SMARTS) is 1. The van der Waals surface area contributed by atoms with Gasteiger partial charge in [-0.15, -0.1) is 11.3 Å². The SMILES string of the molecule is O=C(Nc1sc(-c2ccccc2)cc1C(=O)O)c1cccc(F)c1. The van der Waals surface area contributed by atoms with E-state index >= 15 is 0 Å². The number of rotatable bonds is 4. The van der Waals surface area contributed by atoms with Gasteiger partial charge in [0.25, 0.3) is 5.91 Å². The number of amides is 1. The molecule has 0 bridgehead atoms. The summed E-state index contributed by atoms with van der Waals surface area (Å²) in [7, 11) is 0. The highest BCUT2D eigenvalue weighted by Gasteiger charge is 2.18. The lowest BCUT2D eigenvalue weighted by Gasteiger charge is -2.04. The molecule has 0 atom stereocenters. The normalized spacial score (nSPS) is 10.4. The lowest BCUT2D eigenvalue weighted by Crippen LogP contribution is -2.13. The zero-order valence-electron chi connectivity index (χ0n) is 12.3. The molecule has 0 radical (unpaired) electrons. The molecule has 0 aliphatic rings. The molecule has 120 valence electrons. The fourth-order valence-corrected chi connectivity index (χ4v) is 3.24. The lowest BCUT2D eigenvalue weighted by atomic mass is 10.1. The van der Waals surface area contributed by atoms with Crippen LogP contribution >= 0.6 is 11.3 Å². The van der Waals surface area contributed by atoms with E-state index in [0.29, 0.717) is 0 Å². The molecule has 1 amide bonds. The molecule has 2 N–H and O–H groups in total. The molecule has 3 rings (SSSR count). The third-order valence-electron chi connectivity index (χ3n) is 3.33. The third-order valence-corrected chi connectivity index (χ3v) is 4.43. The molecule has 0 aliphatic carbocycles. The number of halogens is 1. The largest absolute Gasteiger partial charge is 0.478 e. The van der Waals surface area contributed by atoms with Crippen LogP contribution in [0.4, 0.5) is 9.39 Å². The fourth-order valence-electron chi connectivity index (χ4n) is 2.19. The highest BCUT2D eigenvalue weighted by Crippen LogP contribution is 2.35. The van der Waals surface area contributed by atoms with E-state index in [0.717, 1.165) is 27.8 Å². The van der Waals surface area contributed by atoms with Crippen molar-refractivity contribution in [1.82, 2.24) is 0 Å². The summed E-state index contributed by atoms with van der Waals surface area (Å²) in [4.78, 5) is 24.4. The molecule has 3 aromatic rings. The maximum Gasteiger partial charge on any atom is 0.338 e. The van der Waals surface area contributed by atoms with Crippen LogP contribution in [0.25, 0.3) is 10.4 Å². The number of aromatic carboxylic acids is 1. The molecule has 0 fully saturated rings. The minimum absolute atomic E-state index is 0.00334. The monoisotopic (exact) mass is 341 g/mol. The first-order valence-electron chi connectivity index (χ1n) is 7.04. The van der Waals surface area contributed by atoms with Gasteiger partial charge in [0.05, 0.1) is 5.56 Å². The molecular formula is C18H12FNO3S. The maximum atomic E-state index is 13.2. The quantitative estimate of drug-likeness (QED) is 0.734. The zero-order chi connectivity index (χ0) is 17.1. The van der Waals surface area contributed by atoms with Crippen LogP contribution in [0.1, 0.15) is 20.7 Å². The number of carboxylic acids is 1. The average molecular weight is 341 g/mol. The van der Waals surface area contributed by atoms with Gasteiger partial charge in [0.1, 0.15) is 10.8 Å². The number of nitrogens with one attached hydrogen (secondary N) is 1. The Balaban J connectivity index is 1.94. The summed E-state index contributed by atoms with van der Waals surface area (Å²) in [5, 5.41) is 12.1. The fraction of sp³-hybridized carbons (Fsp3) is 0. The van der Waals surface area contributed by atoms with E-state index in [1.54, 1.807) is 0 Å². The van der Waals surface area contributed by atoms with Gasteiger partial charge < -0.3 is 10.4 Å². The van der Waals surface area contributed by atoms with Crippen molar-refractivity contribution in [3.63, 3.8) is 0 Å². The summed E-state index contributed by atoms with van der Waals surface area (Å²) in [6, 6.07) is 16.0. The molecule has 0 saturated carbocycles. The highest BCUT2D eigenvalue weighted by molar-refractivity contribution is 7.20. The molecular weight excluding hydrogens is 329 g/mol. The van der Waals surface area contributed by atoms with Gasteiger partial charge in [0.15, 0.2) is 0 Å². The van der Waals surface area contributed by atoms with Gasteiger partial charge in [-0.3, -0.25) is 4.79 Å². The Morgan fingerprint density at radius 3 is 2.42 bits per heavy atom. The van der Waals surface area contributed by atoms with Gasteiger partial charge in [-0.1, -0.05) is 36.4 Å². The topological polar surface area (TPSA) is 66.4 Å². The lowest BCUT2D eigenvalue weighted by molar-refractivity contribution is 0.0698. The summed E-state index contributed by atoms with van der Waals surface area (Å²) in [6.07, 6.45) is 0. The van der Waals surface area contributed by atoms with Crippen molar-refractivity contribution in [2.75, 3.05) is 5.32 Å². The molecule has 1 heterocycles. The van der Waals surface area contributed by atoms with Gasteiger partial charge >= 0.3 is 5.97 Å². The van der Waals surface area contributed by atoms with Crippen LogP contribution in [0.2, 0.25) is 0 Å². The molecule has 6 heteroatoms. The second kappa shape index (κ2) is 6.64. The predicted molar refractivity (Wildman–Crippen MR) is 91.1 cm³/mol. The Kier molecular flexibility index (Phi) is 4.39. The molecule has 0 unspecified atom stereocenters. The molecule has 4 nitrogen and oxygen atoms in total. The van der Waals surface area contributed by atoms with Crippen molar-refractivity contribution in [3.05, 3.63) is 77.6 Å². The number of hydrogen-bond acceptors (Lipinski definition) is 3. The summed E-state index contributed by atoms with van der Waals surface area (Å²) in [5.41, 5.74) is 0.987. The number of anilines is 1. The van der Waals surface area contributed by atoms with Crippen LogP contribution in [-0.2, 0) is 0 Å². The third kappa shape index (κ3) is 3.33. The van der Waals surface area contributed by atoms with Crippen LogP contribution in [-0.4, -0.2) is 17.0 Å². The van der Waals surface area contributed by atoms with Crippen molar-refractivity contribution < 1.29 is 19.1 Å². The Morgan fingerprint density at radius 2 is 1.75 bits per heavy atom. The smallest absolute Gasteiger partial charge is 0.338 e. The predicted octanol–water partition coefficient (Wildman–Crippen LogP) is 4.50. The minimum Gasteiger partial charge on any atom is -0.478 e. The number of carbonyl (C=O) groups excluding carboxylic acids is 1. The van der Waals surface area contributed by atoms with Crippen LogP contribution in [0, 0.1) is 5.82 Å². The first-order chi connectivity index (χ1) is 11.5. The van der Waals surface area contributed by atoms with Gasteiger partial charge in [-0.2, -0.15) is 0 Å². The van der Waals surface area contributed by atoms with E-state index in [2.05, 4.69) is 5.32 Å². The summed E-state index contributed by atoms with van der Waals surface area (Å²) < 4.78 is 13.2. The molecule has 24 heavy (non-hydrogen) atoms. The van der Waals surface area contributed by atoms with Crippen LogP contribution < -0.4 is 5.32 Å². The van der Waals surface area contributed by atoms with Gasteiger partial charge in [-0.25, -0.2) is 9.18 Å². The summed E-state index contributed by atoms with van der Waals surface area (Å²) in [5.74, 6) is -2.22. The summed E-state index contributed by atoms with van der Waals surface area (Å²) >= 11 is 1.16. The van der Waals surface area contributed by atoms with Crippen LogP contribution in [0.5, 0.6) is 0 Å². The number of thiophene rings is 1. The van der Waals surface area contributed by atoms with Crippen molar-refractivity contribution in [3.8, 4) is 10.4 Å². The van der Waals surface area contributed by atoms with Gasteiger partial charge in [-0.05, 0) is 29.8 Å². The second-order valence-electron chi connectivity index (χ2n) is 4.99. The standard InChI is InChI=1S/C18H12FNO3S/c19-13-8-4-7-12(9-13)16(21)20-17-14(18(22)23)10-15(24-17)11-5-2-1-3-6-11/h1-10H,(H,20,21)(H,22,23). The number of carbonyl (C=O) groups is 2. The van der Waals surface area contributed by atoms with E-state index in [9.17, 15) is 19.1 Å². The minimum atomic E-state index is -1.14. The molecule has 0 saturated heterocycles. The van der Waals surface area contributed by atoms with E-state index in [4.69, 9.17) is 0 Å². The first kappa shape index (κ1) is 15.9. The van der Waals surface area contributed by atoms with Crippen molar-refractivity contribution in [1.29, 1.82) is 0 Å². The van der Waals surface area contributed by atoms with Crippen molar-refractivity contribution in [2.45, 2.75) is 0 Å². The van der Waals surface area contributed by atoms with Gasteiger partial charge in [0.2, 0.25) is 0 Å². The Bertz CT molecular complexity index is 906. The van der Waals surface area contributed by atoms with E-state index < -0.39 is 17.7 Å². The van der Waals surface area contributed by atoms with E-state index in [1.807, 2.05) is 30.3 Å². The highest BCUT2D eigenvalue weighted by atomic mass is 32.1. The average Bonchev–Trinajstić information content (AvgIpc) is 3.00. The summed E-state index contributed by atoms with van der Waals surface area (Å²) in [6.45, 7) is 0. The molecule has 1 aromatic heterocycles. The zero-order valence-corrected chi connectivity index (χ0v) is 13.1. The van der Waals surface area contributed by atoms with Crippen molar-refractivity contribution >= 4 is 28.2 Å². The second-order valence-corrected chi connectivity index (χ2v) is 6.04. The van der Waals surface area contributed by atoms with Crippen LogP contribution in [0.3, 0.4) is 0 Å².